The van der Waals surface area contributed by atoms with Gasteiger partial charge in [0.05, 0.1) is 31.9 Å². The van der Waals surface area contributed by atoms with E-state index >= 15 is 0 Å². The van der Waals surface area contributed by atoms with Crippen molar-refractivity contribution in [1.29, 1.82) is 0 Å². The summed E-state index contributed by atoms with van der Waals surface area (Å²) in [6.45, 7) is 11.1. The number of methoxy groups -OCH3 is 1. The molecule has 7 nitrogen and oxygen atoms in total. The van der Waals surface area contributed by atoms with Crippen molar-refractivity contribution in [3.8, 4) is 17.2 Å². The Morgan fingerprint density at radius 2 is 1.63 bits per heavy atom. The summed E-state index contributed by atoms with van der Waals surface area (Å²) in [4.78, 5) is 27.8. The van der Waals surface area contributed by atoms with Crippen molar-refractivity contribution >= 4 is 17.4 Å². The molecule has 1 amide bonds. The minimum atomic E-state index is -0.742. The highest BCUT2D eigenvalue weighted by molar-refractivity contribution is 6.46. The van der Waals surface area contributed by atoms with E-state index in [9.17, 15) is 14.7 Å². The zero-order valence-corrected chi connectivity index (χ0v) is 21.4. The molecule has 1 N–H and O–H groups in total. The standard InChI is InChI=1S/C28H35NO6/c1-7-14-29-25(18-10-13-22(33-6)23(16-18)35-9-3)24(27(31)28(29)32)26(30)19-11-12-21(34-8-2)20(15-19)17(4)5/h10-13,15-17,25,30H,7-9,14H2,1-6H3/b26-24+. The van der Waals surface area contributed by atoms with Gasteiger partial charge in [-0.2, -0.15) is 0 Å². The number of aliphatic hydroxyl groups is 1. The van der Waals surface area contributed by atoms with E-state index in [-0.39, 0.29) is 17.3 Å². The van der Waals surface area contributed by atoms with Gasteiger partial charge in [0.1, 0.15) is 11.5 Å². The second kappa shape index (κ2) is 11.3. The number of amides is 1. The lowest BCUT2D eigenvalue weighted by atomic mass is 9.93. The number of aliphatic hydroxyl groups excluding tert-OH is 1. The molecular formula is C28H35NO6. The van der Waals surface area contributed by atoms with Gasteiger partial charge in [0, 0.05) is 12.1 Å². The number of Topliss-reactive ketones (excluding diaryl/α,β-unsaturated/α-hetero) is 1. The highest BCUT2D eigenvalue weighted by atomic mass is 16.5. The molecule has 35 heavy (non-hydrogen) atoms. The molecule has 1 aliphatic rings. The summed E-state index contributed by atoms with van der Waals surface area (Å²) in [6, 6.07) is 9.92. The fourth-order valence-electron chi connectivity index (χ4n) is 4.42. The van der Waals surface area contributed by atoms with Gasteiger partial charge in [0.15, 0.2) is 11.5 Å². The van der Waals surface area contributed by atoms with Crippen LogP contribution in [0.2, 0.25) is 0 Å². The molecule has 188 valence electrons. The SMILES string of the molecule is CCCN1C(=O)C(=O)/C(=C(/O)c2ccc(OCC)c(C(C)C)c2)C1c1ccc(OC)c(OCC)c1. The first-order valence-electron chi connectivity index (χ1n) is 12.1. The van der Waals surface area contributed by atoms with E-state index in [4.69, 9.17) is 14.2 Å². The number of rotatable bonds is 10. The first-order chi connectivity index (χ1) is 16.8. The lowest BCUT2D eigenvalue weighted by molar-refractivity contribution is -0.139. The average molecular weight is 482 g/mol. The van der Waals surface area contributed by atoms with Crippen molar-refractivity contribution < 1.29 is 28.9 Å². The number of ether oxygens (including phenoxy) is 3. The Morgan fingerprint density at radius 1 is 0.971 bits per heavy atom. The maximum absolute atomic E-state index is 13.2. The average Bonchev–Trinajstić information content (AvgIpc) is 3.09. The molecule has 2 aromatic carbocycles. The molecule has 1 aliphatic heterocycles. The maximum atomic E-state index is 13.2. The van der Waals surface area contributed by atoms with Crippen LogP contribution in [0, 0.1) is 0 Å². The molecule has 1 saturated heterocycles. The molecule has 2 aromatic rings. The molecule has 1 atom stereocenters. The zero-order valence-electron chi connectivity index (χ0n) is 21.4. The lowest BCUT2D eigenvalue weighted by Crippen LogP contribution is -2.30. The van der Waals surface area contributed by atoms with Gasteiger partial charge < -0.3 is 24.2 Å². The summed E-state index contributed by atoms with van der Waals surface area (Å²) >= 11 is 0. The zero-order chi connectivity index (χ0) is 25.7. The van der Waals surface area contributed by atoms with Crippen molar-refractivity contribution in [3.63, 3.8) is 0 Å². The van der Waals surface area contributed by atoms with Crippen LogP contribution >= 0.6 is 0 Å². The van der Waals surface area contributed by atoms with Crippen LogP contribution in [-0.2, 0) is 9.59 Å². The summed E-state index contributed by atoms with van der Waals surface area (Å²) in [5.41, 5.74) is 2.11. The fourth-order valence-corrected chi connectivity index (χ4v) is 4.42. The largest absolute Gasteiger partial charge is 0.507 e. The molecule has 0 spiro atoms. The number of benzene rings is 2. The maximum Gasteiger partial charge on any atom is 0.295 e. The Morgan fingerprint density at radius 3 is 2.23 bits per heavy atom. The van der Waals surface area contributed by atoms with E-state index in [0.29, 0.717) is 48.8 Å². The van der Waals surface area contributed by atoms with Gasteiger partial charge >= 0.3 is 0 Å². The van der Waals surface area contributed by atoms with Gasteiger partial charge in [-0.3, -0.25) is 9.59 Å². The van der Waals surface area contributed by atoms with Crippen LogP contribution in [0.25, 0.3) is 5.76 Å². The van der Waals surface area contributed by atoms with E-state index < -0.39 is 17.7 Å². The number of carbonyl (C=O) groups is 2. The molecule has 1 unspecified atom stereocenters. The van der Waals surface area contributed by atoms with Gasteiger partial charge in [-0.05, 0) is 67.6 Å². The van der Waals surface area contributed by atoms with Crippen LogP contribution in [0.5, 0.6) is 17.2 Å². The van der Waals surface area contributed by atoms with Crippen molar-refractivity contribution in [2.75, 3.05) is 26.9 Å². The highest BCUT2D eigenvalue weighted by Gasteiger charge is 2.46. The minimum absolute atomic E-state index is 0.0648. The third kappa shape index (κ3) is 5.14. The molecule has 3 rings (SSSR count). The van der Waals surface area contributed by atoms with Crippen LogP contribution in [0.15, 0.2) is 42.0 Å². The predicted molar refractivity (Wildman–Crippen MR) is 135 cm³/mol. The summed E-state index contributed by atoms with van der Waals surface area (Å²) in [7, 11) is 1.55. The second-order valence-electron chi connectivity index (χ2n) is 8.68. The fraction of sp³-hybridized carbons (Fsp3) is 0.429. The molecular weight excluding hydrogens is 446 g/mol. The number of likely N-dealkylation sites (tertiary alicyclic amines) is 1. The van der Waals surface area contributed by atoms with E-state index in [0.717, 1.165) is 11.3 Å². The van der Waals surface area contributed by atoms with Crippen LogP contribution in [0.3, 0.4) is 0 Å². The van der Waals surface area contributed by atoms with Crippen LogP contribution < -0.4 is 14.2 Å². The minimum Gasteiger partial charge on any atom is -0.507 e. The normalized spacial score (nSPS) is 17.2. The van der Waals surface area contributed by atoms with Gasteiger partial charge in [0.25, 0.3) is 11.7 Å². The number of carbonyl (C=O) groups excluding carboxylic acids is 2. The van der Waals surface area contributed by atoms with E-state index in [1.54, 1.807) is 37.4 Å². The van der Waals surface area contributed by atoms with Crippen LogP contribution in [0.4, 0.5) is 0 Å². The van der Waals surface area contributed by atoms with Crippen molar-refractivity contribution in [1.82, 2.24) is 4.90 Å². The molecule has 1 fully saturated rings. The molecule has 0 aromatic heterocycles. The summed E-state index contributed by atoms with van der Waals surface area (Å²) in [6.07, 6.45) is 0.665. The Labute approximate surface area is 207 Å². The van der Waals surface area contributed by atoms with Crippen LogP contribution in [0.1, 0.15) is 69.7 Å². The van der Waals surface area contributed by atoms with E-state index in [2.05, 4.69) is 0 Å². The predicted octanol–water partition coefficient (Wildman–Crippen LogP) is 5.45. The number of hydrogen-bond acceptors (Lipinski definition) is 6. The monoisotopic (exact) mass is 481 g/mol. The first-order valence-corrected chi connectivity index (χ1v) is 12.1. The number of ketones is 1. The Kier molecular flexibility index (Phi) is 8.43. The van der Waals surface area contributed by atoms with Crippen molar-refractivity contribution in [3.05, 3.63) is 58.7 Å². The first kappa shape index (κ1) is 26.1. The topological polar surface area (TPSA) is 85.3 Å². The summed E-state index contributed by atoms with van der Waals surface area (Å²) in [5, 5.41) is 11.4. The summed E-state index contributed by atoms with van der Waals surface area (Å²) in [5.74, 6) is 0.410. The third-order valence-corrected chi connectivity index (χ3v) is 6.01. The van der Waals surface area contributed by atoms with Crippen molar-refractivity contribution in [2.24, 2.45) is 0 Å². The van der Waals surface area contributed by atoms with Gasteiger partial charge in [0.2, 0.25) is 0 Å². The quantitative estimate of drug-likeness (QED) is 0.276. The highest BCUT2D eigenvalue weighted by Crippen LogP contribution is 2.42. The molecule has 0 bridgehead atoms. The smallest absolute Gasteiger partial charge is 0.295 e. The number of nitrogens with zero attached hydrogens (tertiary/aromatic N) is 1. The molecule has 0 aliphatic carbocycles. The van der Waals surface area contributed by atoms with Gasteiger partial charge in [-0.1, -0.05) is 26.8 Å². The van der Waals surface area contributed by atoms with E-state index in [1.165, 1.54) is 4.90 Å². The molecule has 1 heterocycles. The summed E-state index contributed by atoms with van der Waals surface area (Å²) < 4.78 is 16.9. The van der Waals surface area contributed by atoms with Gasteiger partial charge in [-0.25, -0.2) is 0 Å². The molecule has 7 heteroatoms. The Balaban J connectivity index is 2.21. The lowest BCUT2D eigenvalue weighted by Gasteiger charge is -2.25. The molecule has 0 radical (unpaired) electrons. The molecule has 0 saturated carbocycles. The van der Waals surface area contributed by atoms with Crippen molar-refractivity contribution in [2.45, 2.75) is 53.0 Å². The van der Waals surface area contributed by atoms with E-state index in [1.807, 2.05) is 40.7 Å². The second-order valence-corrected chi connectivity index (χ2v) is 8.68. The van der Waals surface area contributed by atoms with Crippen LogP contribution in [-0.4, -0.2) is 48.6 Å². The number of hydrogen-bond donors (Lipinski definition) is 1. The van der Waals surface area contributed by atoms with Gasteiger partial charge in [-0.15, -0.1) is 0 Å². The Hall–Kier alpha value is -3.48. The third-order valence-electron chi connectivity index (χ3n) is 6.01. The Bertz CT molecular complexity index is 1120.